The van der Waals surface area contributed by atoms with Gasteiger partial charge in [-0.2, -0.15) is 0 Å². The standard InChI is InChI=1S/C49H51FN8O8S/c1-27-21-35(22-28(2)41(27)50)57-43(59)38-13-16-55(30(4)42(38)51-46(57)56-18-17-54(48(56)62)26-31-5-8-36(9-6-31)67(63,64)37-10-11-37)44(60)40-24-34-23-33(32-14-19-65-20-15-32)7-12-39(34)58(40)49(25-29(49)3)45-52-47(61)66-53-45/h5-9,12,21-24,29-30,32,37H,10-11,13-20,25-26H2,1-4H3,(H,52,53,61). The predicted octanol–water partition coefficient (Wildman–Crippen LogP) is 6.43. The molecule has 3 aliphatic heterocycles. The van der Waals surface area contributed by atoms with Gasteiger partial charge in [0.2, 0.25) is 5.95 Å². The number of carbonyl (C=O) groups excluding carboxylic acids is 2. The van der Waals surface area contributed by atoms with Gasteiger partial charge in [0, 0.05) is 55.9 Å². The molecular formula is C49H51FN8O8S. The third-order valence-corrected chi connectivity index (χ3v) is 17.1. The van der Waals surface area contributed by atoms with Crippen LogP contribution < -0.4 is 16.2 Å². The minimum atomic E-state index is -3.38. The smallest absolute Gasteiger partial charge is 0.381 e. The van der Waals surface area contributed by atoms with E-state index in [0.717, 1.165) is 34.9 Å². The van der Waals surface area contributed by atoms with Gasteiger partial charge in [-0.3, -0.25) is 24.0 Å². The number of hydrogen-bond donors (Lipinski definition) is 1. The second-order valence-corrected chi connectivity index (χ2v) is 21.2. The maximum Gasteiger partial charge on any atom is 0.438 e. The highest BCUT2D eigenvalue weighted by molar-refractivity contribution is 7.92. The SMILES string of the molecule is Cc1cc(-n2c(N3CCN(Cc4ccc(S(=O)(=O)C5CC5)cc4)C3=O)nc3c(c2=O)CCN(C(=O)c2cc4cc(C5CCOCC5)ccc4n2C2(c4noc(=O)[nH]4)CC2C)C3C)cc(C)c1F. The van der Waals surface area contributed by atoms with Gasteiger partial charge in [0.1, 0.15) is 17.1 Å². The van der Waals surface area contributed by atoms with Crippen molar-refractivity contribution in [2.24, 2.45) is 5.92 Å². The van der Waals surface area contributed by atoms with Crippen LogP contribution in [0.1, 0.15) is 108 Å². The number of sulfone groups is 1. The van der Waals surface area contributed by atoms with Crippen LogP contribution in [0.2, 0.25) is 0 Å². The van der Waals surface area contributed by atoms with Crippen molar-refractivity contribution in [3.63, 3.8) is 0 Å². The molecule has 0 radical (unpaired) electrons. The molecule has 0 bridgehead atoms. The number of nitrogens with one attached hydrogen (secondary N) is 1. The minimum Gasteiger partial charge on any atom is -0.381 e. The largest absolute Gasteiger partial charge is 0.438 e. The predicted molar refractivity (Wildman–Crippen MR) is 245 cm³/mol. The first-order valence-electron chi connectivity index (χ1n) is 23.1. The molecule has 11 rings (SSSR count). The van der Waals surface area contributed by atoms with Crippen molar-refractivity contribution < 1.29 is 31.7 Å². The van der Waals surface area contributed by atoms with Crippen LogP contribution in [-0.2, 0) is 33.1 Å². The average Bonchev–Trinajstić information content (AvgIpc) is 4.16. The van der Waals surface area contributed by atoms with Gasteiger partial charge >= 0.3 is 11.8 Å². The van der Waals surface area contributed by atoms with E-state index in [0.29, 0.717) is 78.0 Å². The van der Waals surface area contributed by atoms with E-state index in [9.17, 15) is 22.8 Å². The van der Waals surface area contributed by atoms with Crippen LogP contribution in [0.25, 0.3) is 16.6 Å². The highest BCUT2D eigenvalue weighted by Crippen LogP contribution is 2.56. The molecule has 2 saturated carbocycles. The van der Waals surface area contributed by atoms with Crippen molar-refractivity contribution in [1.29, 1.82) is 0 Å². The number of anilines is 1. The number of H-pyrrole nitrogens is 1. The maximum absolute atomic E-state index is 15.3. The lowest BCUT2D eigenvalue weighted by Crippen LogP contribution is -2.45. The van der Waals surface area contributed by atoms with E-state index in [2.05, 4.69) is 22.3 Å². The van der Waals surface area contributed by atoms with Gasteiger partial charge in [0.25, 0.3) is 11.5 Å². The lowest BCUT2D eigenvalue weighted by molar-refractivity contribution is 0.0658. The molecule has 4 fully saturated rings. The highest BCUT2D eigenvalue weighted by Gasteiger charge is 2.59. The number of rotatable bonds is 10. The molecule has 3 aromatic carbocycles. The van der Waals surface area contributed by atoms with E-state index < -0.39 is 44.6 Å². The van der Waals surface area contributed by atoms with Gasteiger partial charge in [0.05, 0.1) is 27.6 Å². The Bertz CT molecular complexity index is 3230. The first-order chi connectivity index (χ1) is 32.1. The van der Waals surface area contributed by atoms with Crippen molar-refractivity contribution in [1.82, 2.24) is 34.1 Å². The number of ether oxygens (including phenoxy) is 1. The number of aryl methyl sites for hydroxylation is 2. The van der Waals surface area contributed by atoms with E-state index in [1.165, 1.54) is 9.47 Å². The number of hydrogen-bond acceptors (Lipinski definition) is 10. The molecule has 18 heteroatoms. The van der Waals surface area contributed by atoms with Crippen LogP contribution in [0.15, 0.2) is 79.7 Å². The molecule has 1 N–H and O–H groups in total. The van der Waals surface area contributed by atoms with Crippen molar-refractivity contribution in [2.75, 3.05) is 37.7 Å². The number of benzene rings is 3. The molecule has 3 amide bonds. The van der Waals surface area contributed by atoms with E-state index in [-0.39, 0.29) is 60.5 Å². The van der Waals surface area contributed by atoms with E-state index in [1.54, 1.807) is 60.0 Å². The maximum atomic E-state index is 15.3. The van der Waals surface area contributed by atoms with E-state index >= 15 is 9.18 Å². The minimum absolute atomic E-state index is 0.00750. The average molecular weight is 931 g/mol. The highest BCUT2D eigenvalue weighted by atomic mass is 32.2. The number of urea groups is 1. The zero-order valence-electron chi connectivity index (χ0n) is 37.8. The van der Waals surface area contributed by atoms with Crippen molar-refractivity contribution in [3.8, 4) is 5.69 Å². The van der Waals surface area contributed by atoms with Crippen LogP contribution in [0, 0.1) is 25.6 Å². The summed E-state index contributed by atoms with van der Waals surface area (Å²) in [5, 5.41) is 4.67. The number of carbonyl (C=O) groups is 2. The Morgan fingerprint density at radius 2 is 1.64 bits per heavy atom. The summed E-state index contributed by atoms with van der Waals surface area (Å²) in [6.07, 6.45) is 3.86. The Hall–Kier alpha value is -6.40. The van der Waals surface area contributed by atoms with Crippen LogP contribution >= 0.6 is 0 Å². The third kappa shape index (κ3) is 7.04. The molecule has 2 saturated heterocycles. The molecule has 3 aromatic heterocycles. The fourth-order valence-corrected chi connectivity index (χ4v) is 12.4. The molecule has 5 aliphatic rings. The summed E-state index contributed by atoms with van der Waals surface area (Å²) >= 11 is 0. The number of amides is 3. The number of halogens is 1. The molecule has 3 atom stereocenters. The fraction of sp³-hybridized carbons (Fsp3) is 0.429. The monoisotopic (exact) mass is 930 g/mol. The second-order valence-electron chi connectivity index (χ2n) is 19.0. The lowest BCUT2D eigenvalue weighted by atomic mass is 9.91. The summed E-state index contributed by atoms with van der Waals surface area (Å²) in [6, 6.07) is 16.8. The zero-order valence-corrected chi connectivity index (χ0v) is 38.6. The van der Waals surface area contributed by atoms with Gasteiger partial charge < -0.3 is 19.1 Å². The van der Waals surface area contributed by atoms with Crippen LogP contribution in [0.5, 0.6) is 0 Å². The van der Waals surface area contributed by atoms with Crippen molar-refractivity contribution in [3.05, 3.63) is 132 Å². The summed E-state index contributed by atoms with van der Waals surface area (Å²) in [7, 11) is -3.38. The second kappa shape index (κ2) is 15.9. The fourth-order valence-electron chi connectivity index (χ4n) is 10.8. The molecule has 348 valence electrons. The molecule has 16 nitrogen and oxygen atoms in total. The first-order valence-corrected chi connectivity index (χ1v) is 24.6. The van der Waals surface area contributed by atoms with Crippen LogP contribution in [0.3, 0.4) is 0 Å². The van der Waals surface area contributed by atoms with Crippen LogP contribution in [-0.4, -0.2) is 92.5 Å². The lowest BCUT2D eigenvalue weighted by Gasteiger charge is -2.36. The number of aromatic nitrogens is 5. The molecule has 2 aliphatic carbocycles. The van der Waals surface area contributed by atoms with Gasteiger partial charge in [-0.05, 0) is 136 Å². The van der Waals surface area contributed by atoms with E-state index in [1.807, 2.05) is 30.5 Å². The summed E-state index contributed by atoms with van der Waals surface area (Å²) in [5.41, 5.74) is 3.56. The van der Waals surface area contributed by atoms with Crippen molar-refractivity contribution in [2.45, 2.75) is 100 Å². The van der Waals surface area contributed by atoms with Gasteiger partial charge in [-0.25, -0.2) is 31.9 Å². The van der Waals surface area contributed by atoms with E-state index in [4.69, 9.17) is 14.2 Å². The normalized spacial score (nSPS) is 22.2. The van der Waals surface area contributed by atoms with Gasteiger partial charge in [-0.1, -0.05) is 30.3 Å². The number of fused-ring (bicyclic) bond motifs is 2. The van der Waals surface area contributed by atoms with Crippen LogP contribution in [0.4, 0.5) is 15.1 Å². The molecule has 6 heterocycles. The summed E-state index contributed by atoms with van der Waals surface area (Å²) < 4.78 is 54.8. The Balaban J connectivity index is 0.974. The summed E-state index contributed by atoms with van der Waals surface area (Å²) in [6.45, 7) is 9.31. The third-order valence-electron chi connectivity index (χ3n) is 14.8. The summed E-state index contributed by atoms with van der Waals surface area (Å²) in [4.78, 5) is 70.1. The Morgan fingerprint density at radius 3 is 2.30 bits per heavy atom. The Kier molecular flexibility index (Phi) is 10.2. The molecular weight excluding hydrogens is 880 g/mol. The Morgan fingerprint density at radius 1 is 0.925 bits per heavy atom. The quantitative estimate of drug-likeness (QED) is 0.160. The first kappa shape index (κ1) is 43.2. The Labute approximate surface area is 385 Å². The topological polar surface area (TPSA) is 186 Å². The number of aromatic amines is 1. The van der Waals surface area contributed by atoms with Gasteiger partial charge in [-0.15, -0.1) is 0 Å². The summed E-state index contributed by atoms with van der Waals surface area (Å²) in [5.74, 6) is -0.705. The zero-order chi connectivity index (χ0) is 46.7. The molecule has 6 aromatic rings. The van der Waals surface area contributed by atoms with Crippen molar-refractivity contribution >= 4 is 38.6 Å². The molecule has 3 unspecified atom stereocenters. The molecule has 67 heavy (non-hydrogen) atoms. The van der Waals surface area contributed by atoms with Gasteiger partial charge in [0.15, 0.2) is 15.7 Å². The number of nitrogens with zero attached hydrogens (tertiary/aromatic N) is 7. The molecule has 0 spiro atoms.